The van der Waals surface area contributed by atoms with Gasteiger partial charge in [0.2, 0.25) is 0 Å². The highest BCUT2D eigenvalue weighted by atomic mass is 16.6. The zero-order valence-electron chi connectivity index (χ0n) is 11.7. The van der Waals surface area contributed by atoms with Gasteiger partial charge in [0, 0.05) is 18.8 Å². The molecule has 1 aliphatic carbocycles. The maximum absolute atomic E-state index is 11.7. The fourth-order valence-corrected chi connectivity index (χ4v) is 3.14. The first-order chi connectivity index (χ1) is 8.90. The van der Waals surface area contributed by atoms with Gasteiger partial charge in [-0.3, -0.25) is 4.79 Å². The first kappa shape index (κ1) is 14.5. The topological polar surface area (TPSA) is 66.8 Å². The van der Waals surface area contributed by atoms with E-state index in [-0.39, 0.29) is 29.8 Å². The zero-order chi connectivity index (χ0) is 14.2. The number of aliphatic hydroxyl groups excluding tert-OH is 2. The summed E-state index contributed by atoms with van der Waals surface area (Å²) in [6, 6.07) is 0. The summed E-state index contributed by atoms with van der Waals surface area (Å²) < 4.78 is 5.42. The van der Waals surface area contributed by atoms with Crippen molar-refractivity contribution in [1.82, 2.24) is 0 Å². The van der Waals surface area contributed by atoms with Gasteiger partial charge in [0.25, 0.3) is 0 Å². The number of carbonyl (C=O) groups is 1. The van der Waals surface area contributed by atoms with Gasteiger partial charge in [-0.2, -0.15) is 0 Å². The number of rotatable bonds is 0. The van der Waals surface area contributed by atoms with E-state index in [4.69, 9.17) is 4.74 Å². The van der Waals surface area contributed by atoms with E-state index in [1.165, 1.54) is 0 Å². The Morgan fingerprint density at radius 2 is 1.95 bits per heavy atom. The monoisotopic (exact) mass is 268 g/mol. The van der Waals surface area contributed by atoms with Crippen LogP contribution in [-0.4, -0.2) is 34.5 Å². The Hall–Kier alpha value is -0.870. The van der Waals surface area contributed by atoms with Gasteiger partial charge in [-0.1, -0.05) is 20.4 Å². The molecule has 6 atom stereocenters. The van der Waals surface area contributed by atoms with Gasteiger partial charge in [0.1, 0.15) is 6.10 Å². The number of carbonyl (C=O) groups excluding carboxylic acids is 1. The van der Waals surface area contributed by atoms with Crippen LogP contribution in [0.1, 0.15) is 39.5 Å². The second-order valence-corrected chi connectivity index (χ2v) is 6.16. The second kappa shape index (κ2) is 5.63. The van der Waals surface area contributed by atoms with Crippen molar-refractivity contribution in [1.29, 1.82) is 0 Å². The lowest BCUT2D eigenvalue weighted by atomic mass is 9.79. The van der Waals surface area contributed by atoms with Crippen LogP contribution in [0.15, 0.2) is 12.2 Å². The van der Waals surface area contributed by atoms with Crippen LogP contribution in [-0.2, 0) is 9.53 Å². The minimum Gasteiger partial charge on any atom is -0.461 e. The Balaban J connectivity index is 2.16. The molecule has 1 heterocycles. The molecular formula is C15H24O4. The zero-order valence-corrected chi connectivity index (χ0v) is 11.7. The van der Waals surface area contributed by atoms with Crippen molar-refractivity contribution >= 4 is 5.97 Å². The third kappa shape index (κ3) is 3.00. The van der Waals surface area contributed by atoms with E-state index >= 15 is 0 Å². The summed E-state index contributed by atoms with van der Waals surface area (Å²) in [6.45, 7) is 7.77. The van der Waals surface area contributed by atoms with Crippen LogP contribution in [0.4, 0.5) is 0 Å². The molecule has 2 fully saturated rings. The van der Waals surface area contributed by atoms with E-state index in [1.807, 2.05) is 13.8 Å². The third-order valence-electron chi connectivity index (χ3n) is 4.77. The smallest absolute Gasteiger partial charge is 0.309 e. The molecule has 1 saturated heterocycles. The number of aliphatic hydroxyl groups is 2. The van der Waals surface area contributed by atoms with Crippen LogP contribution in [0, 0.1) is 17.8 Å². The van der Waals surface area contributed by atoms with Gasteiger partial charge in [0.15, 0.2) is 0 Å². The van der Waals surface area contributed by atoms with E-state index < -0.39 is 12.2 Å². The van der Waals surface area contributed by atoms with Crippen molar-refractivity contribution in [2.24, 2.45) is 17.8 Å². The van der Waals surface area contributed by atoms with Crippen LogP contribution in [0.2, 0.25) is 0 Å². The van der Waals surface area contributed by atoms with Crippen LogP contribution < -0.4 is 0 Å². The molecule has 1 saturated carbocycles. The summed E-state index contributed by atoms with van der Waals surface area (Å²) in [5.41, 5.74) is 0.657. The summed E-state index contributed by atoms with van der Waals surface area (Å²) in [6.07, 6.45) is 1.15. The fourth-order valence-electron chi connectivity index (χ4n) is 3.14. The quantitative estimate of drug-likeness (QED) is 0.518. The van der Waals surface area contributed by atoms with Crippen molar-refractivity contribution < 1.29 is 19.7 Å². The molecule has 6 unspecified atom stereocenters. The molecule has 2 rings (SSSR count). The molecule has 0 spiro atoms. The Morgan fingerprint density at radius 3 is 2.63 bits per heavy atom. The van der Waals surface area contributed by atoms with Crippen LogP contribution in [0.5, 0.6) is 0 Å². The maximum atomic E-state index is 11.7. The van der Waals surface area contributed by atoms with Gasteiger partial charge in [-0.25, -0.2) is 0 Å². The second-order valence-electron chi connectivity index (χ2n) is 6.16. The molecular weight excluding hydrogens is 244 g/mol. The van der Waals surface area contributed by atoms with Crippen molar-refractivity contribution in [3.8, 4) is 0 Å². The summed E-state index contributed by atoms with van der Waals surface area (Å²) in [5.74, 6) is 0.0387. The Labute approximate surface area is 114 Å². The number of ether oxygens (including phenoxy) is 1. The fraction of sp³-hybridized carbons (Fsp3) is 0.800. The number of hydrogen-bond acceptors (Lipinski definition) is 4. The summed E-state index contributed by atoms with van der Waals surface area (Å²) in [7, 11) is 0. The van der Waals surface area contributed by atoms with Crippen LogP contribution in [0.25, 0.3) is 0 Å². The van der Waals surface area contributed by atoms with Crippen LogP contribution >= 0.6 is 0 Å². The molecule has 0 aromatic heterocycles. The highest BCUT2D eigenvalue weighted by molar-refractivity contribution is 5.74. The molecule has 19 heavy (non-hydrogen) atoms. The molecule has 0 bridgehead atoms. The number of esters is 1. The molecule has 0 aromatic carbocycles. The summed E-state index contributed by atoms with van der Waals surface area (Å²) in [5, 5.41) is 20.1. The van der Waals surface area contributed by atoms with Gasteiger partial charge in [0.05, 0.1) is 18.1 Å². The predicted octanol–water partition coefficient (Wildman–Crippen LogP) is 1.65. The molecule has 0 amide bonds. The van der Waals surface area contributed by atoms with Gasteiger partial charge >= 0.3 is 5.97 Å². The molecule has 108 valence electrons. The first-order valence-corrected chi connectivity index (χ1v) is 7.14. The van der Waals surface area contributed by atoms with Crippen molar-refractivity contribution in [3.05, 3.63) is 12.2 Å². The summed E-state index contributed by atoms with van der Waals surface area (Å²) >= 11 is 0. The van der Waals surface area contributed by atoms with E-state index in [9.17, 15) is 15.0 Å². The molecule has 1 aliphatic heterocycles. The molecule has 0 aromatic rings. The molecule has 2 N–H and O–H groups in total. The van der Waals surface area contributed by atoms with E-state index in [1.54, 1.807) is 0 Å². The normalized spacial score (nSPS) is 44.6. The maximum Gasteiger partial charge on any atom is 0.309 e. The highest BCUT2D eigenvalue weighted by Gasteiger charge is 2.42. The Kier molecular flexibility index (Phi) is 4.31. The third-order valence-corrected chi connectivity index (χ3v) is 4.77. The van der Waals surface area contributed by atoms with Gasteiger partial charge in [-0.15, -0.1) is 0 Å². The van der Waals surface area contributed by atoms with Gasteiger partial charge in [-0.05, 0) is 24.3 Å². The molecule has 4 heteroatoms. The summed E-state index contributed by atoms with van der Waals surface area (Å²) in [4.78, 5) is 11.7. The average Bonchev–Trinajstić information content (AvgIpc) is 2.61. The van der Waals surface area contributed by atoms with Crippen LogP contribution in [0.3, 0.4) is 0 Å². The lowest BCUT2D eigenvalue weighted by molar-refractivity contribution is -0.144. The van der Waals surface area contributed by atoms with Crippen molar-refractivity contribution in [2.45, 2.75) is 57.8 Å². The average molecular weight is 268 g/mol. The number of hydrogen-bond donors (Lipinski definition) is 2. The SMILES string of the molecule is C=C1CC2OC(=O)C(C)C2CCC(C)C(O)CC1O. The van der Waals surface area contributed by atoms with E-state index in [0.717, 1.165) is 12.8 Å². The van der Waals surface area contributed by atoms with E-state index in [2.05, 4.69) is 6.58 Å². The molecule has 4 nitrogen and oxygen atoms in total. The van der Waals surface area contributed by atoms with Gasteiger partial charge < -0.3 is 14.9 Å². The Bertz CT molecular complexity index is 365. The molecule has 0 radical (unpaired) electrons. The van der Waals surface area contributed by atoms with Crippen molar-refractivity contribution in [3.63, 3.8) is 0 Å². The predicted molar refractivity (Wildman–Crippen MR) is 71.3 cm³/mol. The Morgan fingerprint density at radius 1 is 1.26 bits per heavy atom. The first-order valence-electron chi connectivity index (χ1n) is 7.14. The highest BCUT2D eigenvalue weighted by Crippen LogP contribution is 2.38. The number of fused-ring (bicyclic) bond motifs is 1. The minimum atomic E-state index is -0.717. The van der Waals surface area contributed by atoms with E-state index in [0.29, 0.717) is 18.4 Å². The largest absolute Gasteiger partial charge is 0.461 e. The lowest BCUT2D eigenvalue weighted by Gasteiger charge is -2.29. The standard InChI is InChI=1S/C15H24O4/c1-8-4-5-11-10(3)15(18)19-14(11)6-9(2)13(17)7-12(8)16/h8,10-14,16-17H,2,4-7H2,1,3H3. The van der Waals surface area contributed by atoms with Crippen molar-refractivity contribution in [2.75, 3.05) is 0 Å². The molecule has 2 aliphatic rings. The lowest BCUT2D eigenvalue weighted by Crippen LogP contribution is -2.30. The minimum absolute atomic E-state index is 0.0984.